The van der Waals surface area contributed by atoms with Crippen LogP contribution in [0.25, 0.3) is 0 Å². The molecule has 0 unspecified atom stereocenters. The van der Waals surface area contributed by atoms with E-state index in [0.29, 0.717) is 12.0 Å². The van der Waals surface area contributed by atoms with Crippen molar-refractivity contribution in [1.82, 2.24) is 19.6 Å². The lowest BCUT2D eigenvalue weighted by atomic mass is 10.1. The quantitative estimate of drug-likeness (QED) is 0.581. The van der Waals surface area contributed by atoms with Crippen molar-refractivity contribution >= 4 is 18.0 Å². The van der Waals surface area contributed by atoms with Gasteiger partial charge in [-0.3, -0.25) is 4.79 Å². The number of ketones is 1. The first-order valence-electron chi connectivity index (χ1n) is 10.6. The summed E-state index contributed by atoms with van der Waals surface area (Å²) in [6, 6.07) is 4.53. The van der Waals surface area contributed by atoms with Crippen molar-refractivity contribution in [3.8, 4) is 11.5 Å². The van der Waals surface area contributed by atoms with E-state index in [2.05, 4.69) is 16.7 Å². The van der Waals surface area contributed by atoms with Gasteiger partial charge in [0.05, 0.1) is 0 Å². The topological polar surface area (TPSA) is 82.6 Å². The molecule has 0 atom stereocenters. The predicted molar refractivity (Wildman–Crippen MR) is 118 cm³/mol. The second-order valence-corrected chi connectivity index (χ2v) is 7.99. The van der Waals surface area contributed by atoms with Crippen molar-refractivity contribution in [2.75, 3.05) is 67.5 Å². The highest BCUT2D eigenvalue weighted by Gasteiger charge is 2.19. The Labute approximate surface area is 184 Å². The number of carbonyl (C=O) groups is 3. The Bertz CT molecular complexity index is 773. The van der Waals surface area contributed by atoms with Gasteiger partial charge in [0, 0.05) is 66.4 Å². The lowest BCUT2D eigenvalue weighted by molar-refractivity contribution is 0.0963. The number of likely N-dealkylation sites (N-methyl/N-ethyl adjacent to an activating group) is 1. The molecule has 1 aromatic rings. The van der Waals surface area contributed by atoms with Crippen molar-refractivity contribution in [3.63, 3.8) is 0 Å². The zero-order chi connectivity index (χ0) is 23.0. The molecule has 0 bridgehead atoms. The summed E-state index contributed by atoms with van der Waals surface area (Å²) in [5.41, 5.74) is 0.419. The lowest BCUT2D eigenvalue weighted by Crippen LogP contribution is -2.46. The molecule has 0 N–H and O–H groups in total. The van der Waals surface area contributed by atoms with E-state index in [0.717, 1.165) is 45.7 Å². The molecule has 1 fully saturated rings. The second kappa shape index (κ2) is 11.7. The SMILES string of the molecule is CCN1CCN(CCCC(=O)c2ccc(OC(=O)N(C)C)c(OC(=O)N(C)C)c2)CC1. The normalized spacial score (nSPS) is 14.7. The molecule has 1 aliphatic rings. The van der Waals surface area contributed by atoms with Gasteiger partial charge in [-0.15, -0.1) is 0 Å². The van der Waals surface area contributed by atoms with Crippen LogP contribution in [0.15, 0.2) is 18.2 Å². The maximum absolute atomic E-state index is 12.7. The molecule has 31 heavy (non-hydrogen) atoms. The highest BCUT2D eigenvalue weighted by molar-refractivity contribution is 5.97. The number of amides is 2. The maximum Gasteiger partial charge on any atom is 0.414 e. The smallest absolute Gasteiger partial charge is 0.406 e. The fourth-order valence-electron chi connectivity index (χ4n) is 3.15. The first-order chi connectivity index (χ1) is 14.7. The number of hydrogen-bond acceptors (Lipinski definition) is 7. The largest absolute Gasteiger partial charge is 0.414 e. The minimum atomic E-state index is -0.627. The van der Waals surface area contributed by atoms with E-state index in [1.807, 2.05) is 0 Å². The van der Waals surface area contributed by atoms with Gasteiger partial charge in [-0.05, 0) is 37.7 Å². The third-order valence-corrected chi connectivity index (χ3v) is 5.18. The number of piperazine rings is 1. The van der Waals surface area contributed by atoms with Crippen LogP contribution in [0, 0.1) is 0 Å². The molecule has 0 aromatic heterocycles. The van der Waals surface area contributed by atoms with Crippen molar-refractivity contribution < 1.29 is 23.9 Å². The fourth-order valence-corrected chi connectivity index (χ4v) is 3.15. The molecule has 1 saturated heterocycles. The van der Waals surface area contributed by atoms with E-state index < -0.39 is 12.2 Å². The van der Waals surface area contributed by atoms with Crippen LogP contribution in [0.2, 0.25) is 0 Å². The van der Waals surface area contributed by atoms with Gasteiger partial charge in [0.25, 0.3) is 0 Å². The predicted octanol–water partition coefficient (Wildman–Crippen LogP) is 2.41. The van der Waals surface area contributed by atoms with Crippen molar-refractivity contribution in [2.45, 2.75) is 19.8 Å². The molecule has 0 spiro atoms. The van der Waals surface area contributed by atoms with Crippen LogP contribution in [0.4, 0.5) is 9.59 Å². The van der Waals surface area contributed by atoms with E-state index in [4.69, 9.17) is 9.47 Å². The Morgan fingerprint density at radius 2 is 1.42 bits per heavy atom. The summed E-state index contributed by atoms with van der Waals surface area (Å²) in [6.07, 6.45) is -0.0801. The van der Waals surface area contributed by atoms with Crippen LogP contribution in [0.1, 0.15) is 30.1 Å². The van der Waals surface area contributed by atoms with E-state index in [1.54, 1.807) is 34.3 Å². The van der Waals surface area contributed by atoms with Crippen LogP contribution in [0.3, 0.4) is 0 Å². The Kier molecular flexibility index (Phi) is 9.26. The highest BCUT2D eigenvalue weighted by Crippen LogP contribution is 2.30. The molecule has 0 saturated carbocycles. The maximum atomic E-state index is 12.7. The summed E-state index contributed by atoms with van der Waals surface area (Å²) >= 11 is 0. The van der Waals surface area contributed by atoms with Crippen LogP contribution >= 0.6 is 0 Å². The van der Waals surface area contributed by atoms with Gasteiger partial charge in [-0.1, -0.05) is 6.92 Å². The fraction of sp³-hybridized carbons (Fsp3) is 0.591. The molecule has 1 heterocycles. The van der Waals surface area contributed by atoms with Gasteiger partial charge in [0.15, 0.2) is 17.3 Å². The average molecular weight is 435 g/mol. The molecule has 1 aromatic carbocycles. The Balaban J connectivity index is 2.01. The zero-order valence-corrected chi connectivity index (χ0v) is 19.2. The highest BCUT2D eigenvalue weighted by atomic mass is 16.6. The number of carbonyl (C=O) groups excluding carboxylic acids is 3. The van der Waals surface area contributed by atoms with Gasteiger partial charge in [-0.25, -0.2) is 9.59 Å². The third kappa shape index (κ3) is 7.52. The first-order valence-corrected chi connectivity index (χ1v) is 10.6. The summed E-state index contributed by atoms with van der Waals surface area (Å²) in [5.74, 6) is 0.0783. The summed E-state index contributed by atoms with van der Waals surface area (Å²) in [5, 5.41) is 0. The summed E-state index contributed by atoms with van der Waals surface area (Å²) < 4.78 is 10.6. The van der Waals surface area contributed by atoms with Gasteiger partial charge < -0.3 is 29.1 Å². The molecule has 9 nitrogen and oxygen atoms in total. The molecule has 172 valence electrons. The van der Waals surface area contributed by atoms with Crippen LogP contribution in [0.5, 0.6) is 11.5 Å². The van der Waals surface area contributed by atoms with Crippen LogP contribution in [-0.2, 0) is 0 Å². The summed E-state index contributed by atoms with van der Waals surface area (Å²) in [4.78, 5) is 44.0. The monoisotopic (exact) mass is 434 g/mol. The van der Waals surface area contributed by atoms with E-state index >= 15 is 0 Å². The molecular weight excluding hydrogens is 400 g/mol. The molecule has 0 radical (unpaired) electrons. The molecular formula is C22H34N4O5. The number of rotatable bonds is 8. The number of ether oxygens (including phenoxy) is 2. The number of hydrogen-bond donors (Lipinski definition) is 0. The van der Waals surface area contributed by atoms with Gasteiger partial charge >= 0.3 is 12.2 Å². The van der Waals surface area contributed by atoms with E-state index in [1.165, 1.54) is 21.9 Å². The number of benzene rings is 1. The van der Waals surface area contributed by atoms with E-state index in [-0.39, 0.29) is 17.3 Å². The Morgan fingerprint density at radius 1 is 0.871 bits per heavy atom. The van der Waals surface area contributed by atoms with Gasteiger partial charge in [0.2, 0.25) is 0 Å². The second-order valence-electron chi connectivity index (χ2n) is 7.99. The first kappa shape index (κ1) is 24.6. The van der Waals surface area contributed by atoms with Crippen LogP contribution < -0.4 is 9.47 Å². The number of nitrogens with zero attached hydrogens (tertiary/aromatic N) is 4. The van der Waals surface area contributed by atoms with E-state index in [9.17, 15) is 14.4 Å². The molecule has 0 aliphatic carbocycles. The molecule has 1 aliphatic heterocycles. The average Bonchev–Trinajstić information content (AvgIpc) is 2.75. The third-order valence-electron chi connectivity index (χ3n) is 5.18. The minimum Gasteiger partial charge on any atom is -0.406 e. The zero-order valence-electron chi connectivity index (χ0n) is 19.2. The minimum absolute atomic E-state index is 0.0374. The summed E-state index contributed by atoms with van der Waals surface area (Å²) in [6.45, 7) is 8.32. The van der Waals surface area contributed by atoms with Crippen molar-refractivity contribution in [1.29, 1.82) is 0 Å². The van der Waals surface area contributed by atoms with Crippen LogP contribution in [-0.4, -0.2) is 105 Å². The summed E-state index contributed by atoms with van der Waals surface area (Å²) in [7, 11) is 6.19. The number of Topliss-reactive ketones (excluding diaryl/α,β-unsaturated/α-hetero) is 1. The standard InChI is InChI=1S/C22H34N4O5/c1-6-25-12-14-26(15-13-25)11-7-8-18(27)17-9-10-19(30-21(28)23(2)3)20(16-17)31-22(29)24(4)5/h9-10,16H,6-8,11-15H2,1-5H3. The van der Waals surface area contributed by atoms with Gasteiger partial charge in [0.1, 0.15) is 0 Å². The Morgan fingerprint density at radius 3 is 1.97 bits per heavy atom. The Hall–Kier alpha value is -2.65. The molecule has 9 heteroatoms. The van der Waals surface area contributed by atoms with Crippen molar-refractivity contribution in [3.05, 3.63) is 23.8 Å². The molecule has 2 amide bonds. The molecule has 2 rings (SSSR count). The van der Waals surface area contributed by atoms with Gasteiger partial charge in [-0.2, -0.15) is 0 Å². The lowest BCUT2D eigenvalue weighted by Gasteiger charge is -2.33. The van der Waals surface area contributed by atoms with Crippen molar-refractivity contribution in [2.24, 2.45) is 0 Å².